The Morgan fingerprint density at radius 1 is 0.903 bits per heavy atom. The minimum absolute atomic E-state index is 0.188. The number of rotatable bonds is 8. The quantitative estimate of drug-likeness (QED) is 0.410. The number of ether oxygens (including phenoxy) is 1. The first-order valence-electron chi connectivity index (χ1n) is 9.79. The molecule has 0 bridgehead atoms. The van der Waals surface area contributed by atoms with Gasteiger partial charge in [0.1, 0.15) is 0 Å². The molecule has 0 aromatic heterocycles. The van der Waals surface area contributed by atoms with Crippen molar-refractivity contribution in [2.24, 2.45) is 0 Å². The van der Waals surface area contributed by atoms with Gasteiger partial charge < -0.3 is 15.4 Å². The second kappa shape index (κ2) is 10.8. The molecule has 3 aromatic carbocycles. The third-order valence-electron chi connectivity index (χ3n) is 4.52. The fraction of sp³-hybridized carbons (Fsp3) is 0.167. The Kier molecular flexibility index (Phi) is 7.93. The number of hydrogen-bond acceptors (Lipinski definition) is 4. The highest BCUT2D eigenvalue weighted by atomic mass is 35.5. The van der Waals surface area contributed by atoms with Crippen molar-refractivity contribution in [3.8, 4) is 0 Å². The summed E-state index contributed by atoms with van der Waals surface area (Å²) in [5.74, 6) is -0.614. The van der Waals surface area contributed by atoms with E-state index >= 15 is 0 Å². The Labute approximate surface area is 191 Å². The lowest BCUT2D eigenvalue weighted by Crippen LogP contribution is -2.13. The van der Waals surface area contributed by atoms with Gasteiger partial charge in [0.05, 0.1) is 23.6 Å². The molecule has 3 rings (SSSR count). The van der Waals surface area contributed by atoms with E-state index in [1.165, 1.54) is 0 Å². The van der Waals surface area contributed by atoms with Crippen molar-refractivity contribution in [2.45, 2.75) is 19.9 Å². The molecule has 1 amide bonds. The van der Waals surface area contributed by atoms with Gasteiger partial charge in [-0.25, -0.2) is 0 Å². The standard InChI is InChI=1S/C24H22Cl2N2O3/c1-2-31-23(29)13-16-7-9-18(10-8-16)28-24(30)20-14-19(11-12-22(20)26)27-15-17-5-3-4-6-21(17)25/h3-12,14,27H,2,13,15H2,1H3,(H,28,30). The zero-order valence-electron chi connectivity index (χ0n) is 17.0. The molecule has 0 unspecified atom stereocenters. The summed E-state index contributed by atoms with van der Waals surface area (Å²) < 4.78 is 4.94. The Balaban J connectivity index is 1.65. The fourth-order valence-electron chi connectivity index (χ4n) is 2.93. The van der Waals surface area contributed by atoms with E-state index < -0.39 is 0 Å². The highest BCUT2D eigenvalue weighted by Crippen LogP contribution is 2.24. The van der Waals surface area contributed by atoms with Crippen LogP contribution in [0.5, 0.6) is 0 Å². The lowest BCUT2D eigenvalue weighted by atomic mass is 10.1. The predicted molar refractivity (Wildman–Crippen MR) is 125 cm³/mol. The second-order valence-electron chi connectivity index (χ2n) is 6.77. The van der Waals surface area contributed by atoms with Crippen molar-refractivity contribution in [1.82, 2.24) is 0 Å². The lowest BCUT2D eigenvalue weighted by molar-refractivity contribution is -0.142. The molecule has 0 fully saturated rings. The molecule has 0 saturated carbocycles. The van der Waals surface area contributed by atoms with Gasteiger partial charge in [0.2, 0.25) is 0 Å². The predicted octanol–water partition coefficient (Wildman–Crippen LogP) is 5.96. The van der Waals surface area contributed by atoms with Gasteiger partial charge in [0.25, 0.3) is 5.91 Å². The Bertz CT molecular complexity index is 1070. The summed E-state index contributed by atoms with van der Waals surface area (Å²) in [6.07, 6.45) is 0.188. The number of carbonyl (C=O) groups excluding carboxylic acids is 2. The maximum Gasteiger partial charge on any atom is 0.310 e. The van der Waals surface area contributed by atoms with Gasteiger partial charge in [0, 0.05) is 22.9 Å². The van der Waals surface area contributed by atoms with Gasteiger partial charge in [-0.2, -0.15) is 0 Å². The Hall–Kier alpha value is -3.02. The lowest BCUT2D eigenvalue weighted by Gasteiger charge is -2.12. The SMILES string of the molecule is CCOC(=O)Cc1ccc(NC(=O)c2cc(NCc3ccccc3Cl)ccc2Cl)cc1. The van der Waals surface area contributed by atoms with Crippen LogP contribution in [0.15, 0.2) is 66.7 Å². The van der Waals surface area contributed by atoms with E-state index in [-0.39, 0.29) is 18.3 Å². The van der Waals surface area contributed by atoms with Crippen molar-refractivity contribution < 1.29 is 14.3 Å². The summed E-state index contributed by atoms with van der Waals surface area (Å²) in [7, 11) is 0. The van der Waals surface area contributed by atoms with Crippen molar-refractivity contribution >= 4 is 46.5 Å². The van der Waals surface area contributed by atoms with Crippen LogP contribution in [0.1, 0.15) is 28.4 Å². The van der Waals surface area contributed by atoms with Crippen molar-refractivity contribution in [3.63, 3.8) is 0 Å². The number of hydrogen-bond donors (Lipinski definition) is 2. The highest BCUT2D eigenvalue weighted by Gasteiger charge is 2.12. The number of amides is 1. The fourth-order valence-corrected chi connectivity index (χ4v) is 3.34. The van der Waals surface area contributed by atoms with E-state index in [9.17, 15) is 9.59 Å². The zero-order chi connectivity index (χ0) is 22.2. The van der Waals surface area contributed by atoms with Gasteiger partial charge in [-0.1, -0.05) is 53.5 Å². The average Bonchev–Trinajstić information content (AvgIpc) is 2.75. The van der Waals surface area contributed by atoms with Crippen molar-refractivity contribution in [2.75, 3.05) is 17.2 Å². The van der Waals surface area contributed by atoms with Crippen LogP contribution in [0.2, 0.25) is 10.0 Å². The molecule has 0 aliphatic heterocycles. The third kappa shape index (κ3) is 6.48. The molecule has 7 heteroatoms. The van der Waals surface area contributed by atoms with E-state index in [0.717, 1.165) is 16.8 Å². The summed E-state index contributed by atoms with van der Waals surface area (Å²) >= 11 is 12.4. The van der Waals surface area contributed by atoms with Crippen LogP contribution in [0.25, 0.3) is 0 Å². The number of carbonyl (C=O) groups is 2. The molecular formula is C24H22Cl2N2O3. The molecule has 0 saturated heterocycles. The Morgan fingerprint density at radius 3 is 2.32 bits per heavy atom. The average molecular weight is 457 g/mol. The maximum absolute atomic E-state index is 12.7. The van der Waals surface area contributed by atoms with Crippen LogP contribution in [0, 0.1) is 0 Å². The summed E-state index contributed by atoms with van der Waals surface area (Å²) in [6.45, 7) is 2.63. The molecule has 160 valence electrons. The molecule has 0 aliphatic rings. The van der Waals surface area contributed by atoms with Crippen LogP contribution >= 0.6 is 23.2 Å². The van der Waals surface area contributed by atoms with Crippen LogP contribution in [-0.2, 0) is 22.5 Å². The third-order valence-corrected chi connectivity index (χ3v) is 5.22. The number of nitrogens with one attached hydrogen (secondary N) is 2. The van der Waals surface area contributed by atoms with Gasteiger partial charge >= 0.3 is 5.97 Å². The minimum atomic E-state index is -0.329. The molecule has 0 heterocycles. The Morgan fingerprint density at radius 2 is 1.61 bits per heavy atom. The van der Waals surface area contributed by atoms with Gasteiger partial charge in [-0.05, 0) is 54.4 Å². The number of benzene rings is 3. The van der Waals surface area contributed by atoms with Crippen molar-refractivity contribution in [3.05, 3.63) is 93.5 Å². The minimum Gasteiger partial charge on any atom is -0.466 e. The normalized spacial score (nSPS) is 10.4. The van der Waals surface area contributed by atoms with Crippen LogP contribution in [0.4, 0.5) is 11.4 Å². The van der Waals surface area contributed by atoms with Crippen LogP contribution < -0.4 is 10.6 Å². The first-order chi connectivity index (χ1) is 15.0. The van der Waals surface area contributed by atoms with E-state index in [1.807, 2.05) is 24.3 Å². The smallest absolute Gasteiger partial charge is 0.310 e. The monoisotopic (exact) mass is 456 g/mol. The zero-order valence-corrected chi connectivity index (χ0v) is 18.5. The summed E-state index contributed by atoms with van der Waals surface area (Å²) in [6, 6.07) is 19.8. The molecule has 0 aliphatic carbocycles. The second-order valence-corrected chi connectivity index (χ2v) is 7.59. The topological polar surface area (TPSA) is 67.4 Å². The molecule has 0 spiro atoms. The number of halogens is 2. The number of anilines is 2. The summed E-state index contributed by atoms with van der Waals surface area (Å²) in [5, 5.41) is 7.10. The molecule has 0 radical (unpaired) electrons. The molecule has 3 aromatic rings. The maximum atomic E-state index is 12.7. The summed E-state index contributed by atoms with van der Waals surface area (Å²) in [5.41, 5.74) is 3.46. The summed E-state index contributed by atoms with van der Waals surface area (Å²) in [4.78, 5) is 24.3. The van der Waals surface area contributed by atoms with Crippen molar-refractivity contribution in [1.29, 1.82) is 0 Å². The van der Waals surface area contributed by atoms with E-state index in [1.54, 1.807) is 49.4 Å². The molecule has 5 nitrogen and oxygen atoms in total. The highest BCUT2D eigenvalue weighted by molar-refractivity contribution is 6.34. The molecule has 31 heavy (non-hydrogen) atoms. The van der Waals surface area contributed by atoms with Gasteiger partial charge in [-0.3, -0.25) is 9.59 Å². The van der Waals surface area contributed by atoms with E-state index in [2.05, 4.69) is 10.6 Å². The van der Waals surface area contributed by atoms with Gasteiger partial charge in [-0.15, -0.1) is 0 Å². The number of esters is 1. The first-order valence-corrected chi connectivity index (χ1v) is 10.5. The van der Waals surface area contributed by atoms with E-state index in [0.29, 0.717) is 34.4 Å². The molecule has 2 N–H and O–H groups in total. The van der Waals surface area contributed by atoms with Crippen LogP contribution in [0.3, 0.4) is 0 Å². The first kappa shape index (κ1) is 22.7. The molecular weight excluding hydrogens is 435 g/mol. The van der Waals surface area contributed by atoms with Gasteiger partial charge in [0.15, 0.2) is 0 Å². The van der Waals surface area contributed by atoms with Crippen LogP contribution in [-0.4, -0.2) is 18.5 Å². The largest absolute Gasteiger partial charge is 0.466 e. The van der Waals surface area contributed by atoms with E-state index in [4.69, 9.17) is 27.9 Å². The molecule has 0 atom stereocenters.